The zero-order valence-electron chi connectivity index (χ0n) is 18.4. The molecule has 0 saturated heterocycles. The summed E-state index contributed by atoms with van der Waals surface area (Å²) >= 11 is 0. The molecule has 160 valence electrons. The molecule has 4 nitrogen and oxygen atoms in total. The lowest BCUT2D eigenvalue weighted by Crippen LogP contribution is -2.39. The molecule has 1 aromatic carbocycles. The molecule has 1 N–H and O–H groups in total. The summed E-state index contributed by atoms with van der Waals surface area (Å²) in [4.78, 5) is 25.0. The van der Waals surface area contributed by atoms with E-state index in [2.05, 4.69) is 48.3 Å². The Balaban J connectivity index is 1.47. The minimum absolute atomic E-state index is 0.0120. The molecule has 0 fully saturated rings. The largest absolute Gasteiger partial charge is 0.387 e. The van der Waals surface area contributed by atoms with E-state index in [9.17, 15) is 9.59 Å². The Hall–Kier alpha value is -2.62. The minimum atomic E-state index is 0.0120. The van der Waals surface area contributed by atoms with Crippen molar-refractivity contribution in [3.8, 4) is 0 Å². The zero-order chi connectivity index (χ0) is 21.5. The van der Waals surface area contributed by atoms with E-state index in [4.69, 9.17) is 0 Å². The van der Waals surface area contributed by atoms with Gasteiger partial charge in [-0.3, -0.25) is 9.59 Å². The van der Waals surface area contributed by atoms with Crippen LogP contribution in [0.5, 0.6) is 0 Å². The lowest BCUT2D eigenvalue weighted by molar-refractivity contribution is -0.134. The van der Waals surface area contributed by atoms with Crippen LogP contribution in [0.2, 0.25) is 0 Å². The molecule has 1 amide bonds. The number of amides is 1. The highest BCUT2D eigenvalue weighted by molar-refractivity contribution is 5.84. The van der Waals surface area contributed by atoms with Gasteiger partial charge >= 0.3 is 0 Å². The molecule has 1 aromatic rings. The number of carbonyl (C=O) groups is 2. The average molecular weight is 407 g/mol. The van der Waals surface area contributed by atoms with Crippen LogP contribution in [0.25, 0.3) is 5.57 Å². The van der Waals surface area contributed by atoms with Gasteiger partial charge in [0.25, 0.3) is 0 Å². The van der Waals surface area contributed by atoms with Gasteiger partial charge in [0.1, 0.15) is 5.78 Å². The van der Waals surface area contributed by atoms with E-state index in [-0.39, 0.29) is 18.2 Å². The van der Waals surface area contributed by atoms with Crippen LogP contribution in [0.4, 0.5) is 0 Å². The van der Waals surface area contributed by atoms with Gasteiger partial charge in [0, 0.05) is 31.1 Å². The summed E-state index contributed by atoms with van der Waals surface area (Å²) in [6.45, 7) is 8.85. The Bertz CT molecular complexity index is 866. The Kier molecular flexibility index (Phi) is 7.67. The van der Waals surface area contributed by atoms with Crippen LogP contribution in [0.1, 0.15) is 69.4 Å². The summed E-state index contributed by atoms with van der Waals surface area (Å²) in [5, 5.41) is 3.34. The highest BCUT2D eigenvalue weighted by atomic mass is 16.2. The number of ketones is 1. The normalized spacial score (nSPS) is 16.8. The van der Waals surface area contributed by atoms with Crippen molar-refractivity contribution < 1.29 is 9.59 Å². The number of allylic oxidation sites excluding steroid dienone is 5. The predicted molar refractivity (Wildman–Crippen MR) is 123 cm³/mol. The van der Waals surface area contributed by atoms with Crippen LogP contribution in [0.15, 0.2) is 54.3 Å². The van der Waals surface area contributed by atoms with Gasteiger partial charge in [-0.15, -0.1) is 0 Å². The van der Waals surface area contributed by atoms with Crippen LogP contribution in [-0.4, -0.2) is 36.2 Å². The van der Waals surface area contributed by atoms with E-state index < -0.39 is 0 Å². The second-order valence-corrected chi connectivity index (χ2v) is 8.31. The van der Waals surface area contributed by atoms with Crippen LogP contribution in [0.3, 0.4) is 0 Å². The maximum Gasteiger partial charge on any atom is 0.222 e. The topological polar surface area (TPSA) is 49.4 Å². The van der Waals surface area contributed by atoms with Gasteiger partial charge in [-0.2, -0.15) is 0 Å². The maximum absolute atomic E-state index is 12.0. The van der Waals surface area contributed by atoms with E-state index in [1.165, 1.54) is 23.6 Å². The molecule has 4 heteroatoms. The van der Waals surface area contributed by atoms with Crippen molar-refractivity contribution in [2.75, 3.05) is 19.6 Å². The first-order valence-electron chi connectivity index (χ1n) is 11.2. The predicted octanol–water partition coefficient (Wildman–Crippen LogP) is 4.99. The average Bonchev–Trinajstić information content (AvgIpc) is 3.06. The van der Waals surface area contributed by atoms with Crippen molar-refractivity contribution in [1.82, 2.24) is 10.2 Å². The van der Waals surface area contributed by atoms with Crippen LogP contribution < -0.4 is 5.32 Å². The smallest absolute Gasteiger partial charge is 0.222 e. The third-order valence-corrected chi connectivity index (χ3v) is 6.04. The molecule has 0 heterocycles. The molecule has 0 aromatic heterocycles. The van der Waals surface area contributed by atoms with Gasteiger partial charge in [-0.25, -0.2) is 0 Å². The van der Waals surface area contributed by atoms with Crippen molar-refractivity contribution in [1.29, 1.82) is 0 Å². The first kappa shape index (κ1) is 22.1. The highest BCUT2D eigenvalue weighted by Gasteiger charge is 2.29. The quantitative estimate of drug-likeness (QED) is 0.563. The van der Waals surface area contributed by atoms with Crippen molar-refractivity contribution in [2.24, 2.45) is 0 Å². The van der Waals surface area contributed by atoms with Crippen molar-refractivity contribution >= 4 is 17.3 Å². The van der Waals surface area contributed by atoms with Gasteiger partial charge in [0.05, 0.1) is 6.54 Å². The van der Waals surface area contributed by atoms with E-state index >= 15 is 0 Å². The molecule has 0 spiro atoms. The SMILES string of the molecule is C=C(CCCC1C2=C(CCC=C2)c2ccccc21)NCCN(CC(C)=O)C(=O)CC. The maximum atomic E-state index is 12.0. The van der Waals surface area contributed by atoms with Crippen LogP contribution in [-0.2, 0) is 9.59 Å². The molecule has 0 aliphatic heterocycles. The molecule has 0 saturated carbocycles. The summed E-state index contributed by atoms with van der Waals surface area (Å²) in [6, 6.07) is 8.86. The zero-order valence-corrected chi connectivity index (χ0v) is 18.4. The molecular formula is C26H34N2O2. The number of carbonyl (C=O) groups excluding carboxylic acids is 2. The number of hydrogen-bond acceptors (Lipinski definition) is 3. The standard InChI is InChI=1S/C26H34N2O2/c1-4-26(30)28(18-20(3)29)17-16-27-19(2)10-9-15-25-23-13-7-5-11-21(23)22-12-6-8-14-24(22)25/h5,7-8,11,13-14,25,27H,2,4,6,9-10,12,15-18H2,1,3H3. The van der Waals surface area contributed by atoms with Gasteiger partial charge in [-0.05, 0) is 61.3 Å². The van der Waals surface area contributed by atoms with Crippen molar-refractivity contribution in [3.05, 3.63) is 65.4 Å². The Morgan fingerprint density at radius 1 is 1.27 bits per heavy atom. The van der Waals surface area contributed by atoms with E-state index in [0.29, 0.717) is 25.4 Å². The Morgan fingerprint density at radius 2 is 2.07 bits per heavy atom. The van der Waals surface area contributed by atoms with Gasteiger partial charge in [0.2, 0.25) is 5.91 Å². The van der Waals surface area contributed by atoms with Crippen molar-refractivity contribution in [2.45, 2.75) is 58.3 Å². The van der Waals surface area contributed by atoms with Gasteiger partial charge in [-0.1, -0.05) is 49.9 Å². The second kappa shape index (κ2) is 10.4. The third kappa shape index (κ3) is 5.29. The molecule has 3 rings (SSSR count). The minimum Gasteiger partial charge on any atom is -0.387 e. The lowest BCUT2D eigenvalue weighted by Gasteiger charge is -2.22. The number of fused-ring (bicyclic) bond motifs is 2. The van der Waals surface area contributed by atoms with E-state index in [1.54, 1.807) is 10.5 Å². The highest BCUT2D eigenvalue weighted by Crippen LogP contribution is 2.48. The Labute approximate surface area is 180 Å². The summed E-state index contributed by atoms with van der Waals surface area (Å²) in [5.41, 5.74) is 6.98. The molecule has 1 atom stereocenters. The molecule has 2 aliphatic rings. The Morgan fingerprint density at radius 3 is 2.83 bits per heavy atom. The van der Waals surface area contributed by atoms with Crippen LogP contribution >= 0.6 is 0 Å². The number of Topliss-reactive ketones (excluding diaryl/α,β-unsaturated/α-hetero) is 1. The summed E-state index contributed by atoms with van der Waals surface area (Å²) < 4.78 is 0. The summed E-state index contributed by atoms with van der Waals surface area (Å²) in [7, 11) is 0. The first-order chi connectivity index (χ1) is 14.5. The molecule has 0 bridgehead atoms. The fraction of sp³-hybridized carbons (Fsp3) is 0.462. The number of hydrogen-bond donors (Lipinski definition) is 1. The van der Waals surface area contributed by atoms with Gasteiger partial charge in [0.15, 0.2) is 0 Å². The fourth-order valence-electron chi connectivity index (χ4n) is 4.61. The molecule has 2 aliphatic carbocycles. The molecule has 30 heavy (non-hydrogen) atoms. The number of nitrogens with zero attached hydrogens (tertiary/aromatic N) is 1. The molecular weight excluding hydrogens is 372 g/mol. The third-order valence-electron chi connectivity index (χ3n) is 6.04. The van der Waals surface area contributed by atoms with E-state index in [0.717, 1.165) is 37.8 Å². The van der Waals surface area contributed by atoms with Gasteiger partial charge < -0.3 is 10.2 Å². The van der Waals surface area contributed by atoms with E-state index in [1.807, 2.05) is 6.92 Å². The number of rotatable bonds is 11. The molecule has 1 unspecified atom stereocenters. The summed E-state index contributed by atoms with van der Waals surface area (Å²) in [6.07, 6.45) is 10.5. The lowest BCUT2D eigenvalue weighted by atomic mass is 9.88. The first-order valence-corrected chi connectivity index (χ1v) is 11.2. The fourth-order valence-corrected chi connectivity index (χ4v) is 4.61. The van der Waals surface area contributed by atoms with Crippen molar-refractivity contribution in [3.63, 3.8) is 0 Å². The monoisotopic (exact) mass is 406 g/mol. The number of nitrogens with one attached hydrogen (secondary N) is 1. The molecule has 0 radical (unpaired) electrons. The summed E-state index contributed by atoms with van der Waals surface area (Å²) in [5.74, 6) is 0.522. The number of benzene rings is 1. The van der Waals surface area contributed by atoms with Crippen LogP contribution in [0, 0.1) is 0 Å². The second-order valence-electron chi connectivity index (χ2n) is 8.31.